The molecular weight excluding hydrogens is 442 g/mol. The number of fused-ring (bicyclic) bond motifs is 2. The van der Waals surface area contributed by atoms with Gasteiger partial charge in [0.25, 0.3) is 0 Å². The maximum Gasteiger partial charge on any atom is 0.140 e. The summed E-state index contributed by atoms with van der Waals surface area (Å²) in [5.41, 5.74) is 4.49. The molecule has 1 aliphatic rings. The minimum absolute atomic E-state index is 0.101. The Kier molecular flexibility index (Phi) is 5.27. The van der Waals surface area contributed by atoms with Crippen molar-refractivity contribution in [2.24, 2.45) is 0 Å². The van der Waals surface area contributed by atoms with Gasteiger partial charge in [-0.3, -0.25) is 0 Å². The molecule has 1 aliphatic heterocycles. The summed E-state index contributed by atoms with van der Waals surface area (Å²) >= 11 is 1.50. The maximum atomic E-state index is 16.2. The van der Waals surface area contributed by atoms with Crippen molar-refractivity contribution >= 4 is 27.9 Å². The highest BCUT2D eigenvalue weighted by Crippen LogP contribution is 2.44. The first-order valence-electron chi connectivity index (χ1n) is 10.9. The second kappa shape index (κ2) is 7.90. The fourth-order valence-corrected chi connectivity index (χ4v) is 5.43. The summed E-state index contributed by atoms with van der Waals surface area (Å²) in [5, 5.41) is 18.5. The monoisotopic (exact) mass is 468 g/mol. The number of anilines is 1. The molecule has 0 aliphatic carbocycles. The van der Waals surface area contributed by atoms with Crippen molar-refractivity contribution in [3.8, 4) is 11.1 Å². The lowest BCUT2D eigenvalue weighted by atomic mass is 9.81. The predicted octanol–water partition coefficient (Wildman–Crippen LogP) is 5.58. The van der Waals surface area contributed by atoms with E-state index in [-0.39, 0.29) is 11.1 Å². The summed E-state index contributed by atoms with van der Waals surface area (Å²) in [5.74, 6) is -1.33. The molecule has 33 heavy (non-hydrogen) atoms. The van der Waals surface area contributed by atoms with E-state index in [4.69, 9.17) is 0 Å². The van der Waals surface area contributed by atoms with E-state index >= 15 is 8.78 Å². The lowest BCUT2D eigenvalue weighted by Crippen LogP contribution is -2.54. The number of aromatic amines is 1. The van der Waals surface area contributed by atoms with Gasteiger partial charge in [0.15, 0.2) is 0 Å². The van der Waals surface area contributed by atoms with Crippen molar-refractivity contribution < 1.29 is 13.9 Å². The second-order valence-electron chi connectivity index (χ2n) is 9.22. The fraction of sp³-hybridized carbons (Fsp3) is 0.320. The number of aliphatic hydroxyl groups excluding tert-OH is 1. The van der Waals surface area contributed by atoms with Gasteiger partial charge in [-0.05, 0) is 39.3 Å². The molecule has 0 spiro atoms. The summed E-state index contributed by atoms with van der Waals surface area (Å²) in [6, 6.07) is 6.04. The molecular formula is C25H26F2N4OS. The zero-order chi connectivity index (χ0) is 23.5. The first kappa shape index (κ1) is 22.0. The number of hydrogen-bond acceptors (Lipinski definition) is 5. The molecule has 0 amide bonds. The van der Waals surface area contributed by atoms with Crippen LogP contribution in [-0.2, 0) is 6.54 Å². The summed E-state index contributed by atoms with van der Waals surface area (Å²) in [6.45, 7) is 7.92. The number of nitrogens with zero attached hydrogens (tertiary/aromatic N) is 1. The number of hydrogen-bond donors (Lipinski definition) is 4. The van der Waals surface area contributed by atoms with E-state index in [9.17, 15) is 5.11 Å². The van der Waals surface area contributed by atoms with Crippen LogP contribution >= 0.6 is 11.3 Å². The number of rotatable bonds is 4. The average molecular weight is 469 g/mol. The summed E-state index contributed by atoms with van der Waals surface area (Å²) in [4.78, 5) is 8.42. The van der Waals surface area contributed by atoms with Gasteiger partial charge in [-0.25, -0.2) is 13.8 Å². The molecule has 0 radical (unpaired) electrons. The van der Waals surface area contributed by atoms with Crippen molar-refractivity contribution in [3.63, 3.8) is 0 Å². The Morgan fingerprint density at radius 2 is 2.03 bits per heavy atom. The standard InChI is InChI=1S/C25H26F2N4OS/c1-12-9-28-22-14(12)6-5-7-15(22)19-16(26)8-17-20(21(19)27)23(24(32)25(3,4)31-17)29-10-18-13(2)30-11-33-18/h5-9,11,23-24,28-29,31-32H,10H2,1-4H3/t23-,24+/m0/s1. The third-order valence-electron chi connectivity index (χ3n) is 6.60. The van der Waals surface area contributed by atoms with E-state index in [1.165, 1.54) is 17.4 Å². The van der Waals surface area contributed by atoms with Crippen LogP contribution in [0.25, 0.3) is 22.0 Å². The quantitative estimate of drug-likeness (QED) is 0.315. The highest BCUT2D eigenvalue weighted by molar-refractivity contribution is 7.09. The molecule has 4 aromatic rings. The molecule has 5 rings (SSSR count). The lowest BCUT2D eigenvalue weighted by Gasteiger charge is -2.44. The lowest BCUT2D eigenvalue weighted by molar-refractivity contribution is 0.0664. The molecule has 0 unspecified atom stereocenters. The molecule has 4 N–H and O–H groups in total. The van der Waals surface area contributed by atoms with E-state index in [2.05, 4.69) is 20.6 Å². The van der Waals surface area contributed by atoms with Crippen LogP contribution in [0.2, 0.25) is 0 Å². The largest absolute Gasteiger partial charge is 0.389 e. The van der Waals surface area contributed by atoms with Crippen LogP contribution in [0, 0.1) is 25.5 Å². The van der Waals surface area contributed by atoms with Crippen molar-refractivity contribution in [2.75, 3.05) is 5.32 Å². The summed E-state index contributed by atoms with van der Waals surface area (Å²) in [6.07, 6.45) is 0.882. The van der Waals surface area contributed by atoms with Crippen LogP contribution in [0.3, 0.4) is 0 Å². The number of thiazole rings is 1. The SMILES string of the molecule is Cc1ncsc1CN[C@H]1c2c(cc(F)c(-c3cccc4c(C)c[nH]c34)c2F)NC(C)(C)[C@@H]1O. The summed E-state index contributed by atoms with van der Waals surface area (Å²) < 4.78 is 31.6. The predicted molar refractivity (Wildman–Crippen MR) is 129 cm³/mol. The molecule has 2 aromatic carbocycles. The number of para-hydroxylation sites is 1. The molecule has 2 aromatic heterocycles. The Labute approximate surface area is 194 Å². The van der Waals surface area contributed by atoms with Crippen molar-refractivity contribution in [1.29, 1.82) is 0 Å². The Hall–Kier alpha value is -2.81. The summed E-state index contributed by atoms with van der Waals surface area (Å²) in [7, 11) is 0. The van der Waals surface area contributed by atoms with E-state index in [0.29, 0.717) is 23.3 Å². The molecule has 3 heterocycles. The van der Waals surface area contributed by atoms with Gasteiger partial charge in [-0.2, -0.15) is 0 Å². The number of aliphatic hydroxyl groups is 1. The topological polar surface area (TPSA) is 73.0 Å². The van der Waals surface area contributed by atoms with E-state index in [1.54, 1.807) is 17.6 Å². The first-order chi connectivity index (χ1) is 15.7. The van der Waals surface area contributed by atoms with Crippen LogP contribution in [0.5, 0.6) is 0 Å². The zero-order valence-corrected chi connectivity index (χ0v) is 19.7. The second-order valence-corrected chi connectivity index (χ2v) is 10.2. The minimum Gasteiger partial charge on any atom is -0.389 e. The molecule has 172 valence electrons. The molecule has 0 saturated heterocycles. The van der Waals surface area contributed by atoms with E-state index in [0.717, 1.165) is 21.5 Å². The van der Waals surface area contributed by atoms with Crippen molar-refractivity contribution in [2.45, 2.75) is 51.9 Å². The molecule has 5 nitrogen and oxygen atoms in total. The van der Waals surface area contributed by atoms with E-state index < -0.39 is 29.3 Å². The molecule has 2 atom stereocenters. The number of aryl methyl sites for hydroxylation is 2. The Bertz CT molecular complexity index is 1360. The van der Waals surface area contributed by atoms with Crippen LogP contribution in [0.1, 0.15) is 41.6 Å². The van der Waals surface area contributed by atoms with E-state index in [1.807, 2.05) is 40.0 Å². The normalized spacial score (nSPS) is 19.5. The van der Waals surface area contributed by atoms with Gasteiger partial charge < -0.3 is 20.7 Å². The third-order valence-corrected chi connectivity index (χ3v) is 7.53. The Balaban J connectivity index is 1.67. The molecule has 8 heteroatoms. The number of H-pyrrole nitrogens is 1. The third kappa shape index (κ3) is 3.53. The van der Waals surface area contributed by atoms with Gasteiger partial charge >= 0.3 is 0 Å². The van der Waals surface area contributed by atoms with Gasteiger partial charge in [0.05, 0.1) is 40.0 Å². The van der Waals surface area contributed by atoms with Crippen molar-refractivity contribution in [3.05, 3.63) is 69.3 Å². The fourth-order valence-electron chi connectivity index (χ4n) is 4.70. The van der Waals surface area contributed by atoms with Crippen LogP contribution in [0.4, 0.5) is 14.5 Å². The smallest absolute Gasteiger partial charge is 0.140 e. The van der Waals surface area contributed by atoms with Gasteiger partial charge in [0.2, 0.25) is 0 Å². The number of benzene rings is 2. The number of nitrogens with one attached hydrogen (secondary N) is 3. The molecule has 0 fully saturated rings. The molecule has 0 bridgehead atoms. The minimum atomic E-state index is -0.949. The first-order valence-corrected chi connectivity index (χ1v) is 11.7. The highest BCUT2D eigenvalue weighted by atomic mass is 32.1. The number of aromatic nitrogens is 2. The average Bonchev–Trinajstić information content (AvgIpc) is 3.34. The highest BCUT2D eigenvalue weighted by Gasteiger charge is 2.43. The van der Waals surface area contributed by atoms with Crippen LogP contribution < -0.4 is 10.6 Å². The van der Waals surface area contributed by atoms with Crippen molar-refractivity contribution in [1.82, 2.24) is 15.3 Å². The van der Waals surface area contributed by atoms with Crippen LogP contribution in [-0.4, -0.2) is 26.7 Å². The van der Waals surface area contributed by atoms with Gasteiger partial charge in [0.1, 0.15) is 11.6 Å². The Morgan fingerprint density at radius 3 is 2.76 bits per heavy atom. The van der Waals surface area contributed by atoms with Gasteiger partial charge in [-0.15, -0.1) is 11.3 Å². The maximum absolute atomic E-state index is 16.2. The van der Waals surface area contributed by atoms with Crippen LogP contribution in [0.15, 0.2) is 36.0 Å². The van der Waals surface area contributed by atoms with Gasteiger partial charge in [0, 0.05) is 39.8 Å². The molecule has 0 saturated carbocycles. The number of halogens is 2. The Morgan fingerprint density at radius 1 is 1.24 bits per heavy atom. The zero-order valence-electron chi connectivity index (χ0n) is 18.9. The van der Waals surface area contributed by atoms with Gasteiger partial charge in [-0.1, -0.05) is 18.2 Å².